The van der Waals surface area contributed by atoms with Crippen molar-refractivity contribution < 1.29 is 4.79 Å². The second-order valence-electron chi connectivity index (χ2n) is 3.31. The first-order valence-electron chi connectivity index (χ1n) is 4.40. The van der Waals surface area contributed by atoms with Gasteiger partial charge in [0.1, 0.15) is 0 Å². The molecule has 0 fully saturated rings. The summed E-state index contributed by atoms with van der Waals surface area (Å²) >= 11 is 7.67. The maximum absolute atomic E-state index is 11.5. The van der Waals surface area contributed by atoms with Crippen molar-refractivity contribution >= 4 is 35.0 Å². The van der Waals surface area contributed by atoms with Gasteiger partial charge in [0.15, 0.2) is 0 Å². The largest absolute Gasteiger partial charge is 0.324 e. The van der Waals surface area contributed by atoms with Crippen LogP contribution in [0.25, 0.3) is 0 Å². The molecule has 1 heterocycles. The molecule has 0 bridgehead atoms. The fourth-order valence-electron chi connectivity index (χ4n) is 1.28. The summed E-state index contributed by atoms with van der Waals surface area (Å²) < 4.78 is 0. The van der Waals surface area contributed by atoms with E-state index in [1.54, 1.807) is 17.8 Å². The van der Waals surface area contributed by atoms with Crippen LogP contribution in [-0.4, -0.2) is 11.7 Å². The smallest absolute Gasteiger partial charge is 0.228 e. The van der Waals surface area contributed by atoms with Gasteiger partial charge in [0, 0.05) is 16.6 Å². The molecule has 0 radical (unpaired) electrons. The number of fused-ring (bicyclic) bond motifs is 1. The Kier molecular flexibility index (Phi) is 2.70. The summed E-state index contributed by atoms with van der Waals surface area (Å²) in [7, 11) is 0. The third kappa shape index (κ3) is 1.74. The molecule has 0 saturated carbocycles. The molecule has 1 atom stereocenters. The Bertz CT molecular complexity index is 380. The van der Waals surface area contributed by atoms with Gasteiger partial charge >= 0.3 is 0 Å². The van der Waals surface area contributed by atoms with E-state index in [0.717, 1.165) is 16.3 Å². The molecule has 2 nitrogen and oxygen atoms in total. The lowest BCUT2D eigenvalue weighted by atomic mass is 10.2. The van der Waals surface area contributed by atoms with Crippen molar-refractivity contribution in [3.05, 3.63) is 23.2 Å². The van der Waals surface area contributed by atoms with Gasteiger partial charge in [-0.15, -0.1) is 11.8 Å². The molecule has 0 aliphatic carbocycles. The average Bonchev–Trinajstić information content (AvgIpc) is 2.30. The molecule has 1 N–H and O–H groups in total. The zero-order valence-corrected chi connectivity index (χ0v) is 9.28. The van der Waals surface area contributed by atoms with Crippen molar-refractivity contribution in [2.75, 3.05) is 11.1 Å². The van der Waals surface area contributed by atoms with Gasteiger partial charge in [-0.25, -0.2) is 0 Å². The van der Waals surface area contributed by atoms with Crippen molar-refractivity contribution in [3.63, 3.8) is 0 Å². The molecule has 1 aromatic carbocycles. The van der Waals surface area contributed by atoms with Gasteiger partial charge in [-0.2, -0.15) is 0 Å². The molecule has 74 valence electrons. The molecule has 1 unspecified atom stereocenters. The van der Waals surface area contributed by atoms with Gasteiger partial charge in [-0.05, 0) is 12.1 Å². The van der Waals surface area contributed by atoms with Gasteiger partial charge in [0.25, 0.3) is 0 Å². The number of para-hydroxylation sites is 1. The number of nitrogens with one attached hydrogen (secondary N) is 1. The molecular formula is C10H10ClNOS. The molecule has 1 aliphatic heterocycles. The minimum Gasteiger partial charge on any atom is -0.324 e. The number of hydrogen-bond donors (Lipinski definition) is 1. The SMILES string of the molecule is CC1CSc2cccc(Cl)c2NC1=O. The number of carbonyl (C=O) groups excluding carboxylic acids is 1. The van der Waals surface area contributed by atoms with Crippen LogP contribution in [0.15, 0.2) is 23.1 Å². The number of benzene rings is 1. The first-order chi connectivity index (χ1) is 6.68. The average molecular weight is 228 g/mol. The number of amides is 1. The van der Waals surface area contributed by atoms with Gasteiger partial charge in [-0.3, -0.25) is 4.79 Å². The predicted molar refractivity (Wildman–Crippen MR) is 60.0 cm³/mol. The summed E-state index contributed by atoms with van der Waals surface area (Å²) in [4.78, 5) is 12.6. The lowest BCUT2D eigenvalue weighted by Crippen LogP contribution is -2.20. The normalized spacial score (nSPS) is 21.0. The van der Waals surface area contributed by atoms with E-state index in [2.05, 4.69) is 5.32 Å². The summed E-state index contributed by atoms with van der Waals surface area (Å²) in [5.41, 5.74) is 0.758. The fraction of sp³-hybridized carbons (Fsp3) is 0.300. The van der Waals surface area contributed by atoms with Crippen molar-refractivity contribution in [1.29, 1.82) is 0 Å². The first-order valence-corrected chi connectivity index (χ1v) is 5.77. The molecule has 1 aliphatic rings. The first kappa shape index (κ1) is 9.87. The van der Waals surface area contributed by atoms with Crippen LogP contribution >= 0.6 is 23.4 Å². The molecule has 0 saturated heterocycles. The van der Waals surface area contributed by atoms with Gasteiger partial charge in [-0.1, -0.05) is 24.6 Å². The van der Waals surface area contributed by atoms with Crippen molar-refractivity contribution in [2.24, 2.45) is 5.92 Å². The number of anilines is 1. The van der Waals surface area contributed by atoms with Crippen LogP contribution in [0, 0.1) is 5.92 Å². The Morgan fingerprint density at radius 3 is 3.14 bits per heavy atom. The Morgan fingerprint density at radius 2 is 2.36 bits per heavy atom. The van der Waals surface area contributed by atoms with Crippen LogP contribution in [0.1, 0.15) is 6.92 Å². The van der Waals surface area contributed by atoms with Crippen LogP contribution in [-0.2, 0) is 4.79 Å². The third-order valence-electron chi connectivity index (χ3n) is 2.16. The number of carbonyl (C=O) groups is 1. The van der Waals surface area contributed by atoms with Gasteiger partial charge < -0.3 is 5.32 Å². The zero-order valence-electron chi connectivity index (χ0n) is 7.71. The maximum Gasteiger partial charge on any atom is 0.228 e. The second kappa shape index (κ2) is 3.83. The molecular weight excluding hydrogens is 218 g/mol. The zero-order chi connectivity index (χ0) is 10.1. The molecule has 2 rings (SSSR count). The van der Waals surface area contributed by atoms with Gasteiger partial charge in [0.05, 0.1) is 10.7 Å². The fourth-order valence-corrected chi connectivity index (χ4v) is 2.62. The lowest BCUT2D eigenvalue weighted by molar-refractivity contribution is -0.118. The molecule has 1 aromatic rings. The van der Waals surface area contributed by atoms with Crippen LogP contribution in [0.5, 0.6) is 0 Å². The van der Waals surface area contributed by atoms with E-state index < -0.39 is 0 Å². The molecule has 0 spiro atoms. The van der Waals surface area contributed by atoms with E-state index in [4.69, 9.17) is 11.6 Å². The summed E-state index contributed by atoms with van der Waals surface area (Å²) in [6, 6.07) is 5.66. The Labute approximate surface area is 92.0 Å². The van der Waals surface area contributed by atoms with Crippen LogP contribution in [0.4, 0.5) is 5.69 Å². The predicted octanol–water partition coefficient (Wildman–Crippen LogP) is 3.02. The number of halogens is 1. The highest BCUT2D eigenvalue weighted by Gasteiger charge is 2.21. The van der Waals surface area contributed by atoms with Crippen molar-refractivity contribution in [3.8, 4) is 0 Å². The highest BCUT2D eigenvalue weighted by molar-refractivity contribution is 7.99. The maximum atomic E-state index is 11.5. The highest BCUT2D eigenvalue weighted by atomic mass is 35.5. The van der Waals surface area contributed by atoms with Crippen LogP contribution in [0.2, 0.25) is 5.02 Å². The number of hydrogen-bond acceptors (Lipinski definition) is 2. The van der Waals surface area contributed by atoms with E-state index >= 15 is 0 Å². The highest BCUT2D eigenvalue weighted by Crippen LogP contribution is 2.36. The van der Waals surface area contributed by atoms with E-state index in [9.17, 15) is 4.79 Å². The van der Waals surface area contributed by atoms with Crippen molar-refractivity contribution in [1.82, 2.24) is 0 Å². The topological polar surface area (TPSA) is 29.1 Å². The van der Waals surface area contributed by atoms with E-state index in [1.807, 2.05) is 19.1 Å². The Morgan fingerprint density at radius 1 is 1.57 bits per heavy atom. The monoisotopic (exact) mass is 227 g/mol. The molecule has 4 heteroatoms. The van der Waals surface area contributed by atoms with Crippen molar-refractivity contribution in [2.45, 2.75) is 11.8 Å². The van der Waals surface area contributed by atoms with E-state index in [1.165, 1.54) is 0 Å². The third-order valence-corrected chi connectivity index (χ3v) is 3.79. The molecule has 0 aromatic heterocycles. The van der Waals surface area contributed by atoms with Crippen LogP contribution in [0.3, 0.4) is 0 Å². The minimum atomic E-state index is 0.0310. The van der Waals surface area contributed by atoms with E-state index in [-0.39, 0.29) is 11.8 Å². The Hall–Kier alpha value is -0.670. The van der Waals surface area contributed by atoms with Gasteiger partial charge in [0.2, 0.25) is 5.91 Å². The standard InChI is InChI=1S/C10H10ClNOS/c1-6-5-14-8-4-2-3-7(11)9(8)12-10(6)13/h2-4,6H,5H2,1H3,(H,12,13). The summed E-state index contributed by atoms with van der Waals surface area (Å²) in [6.07, 6.45) is 0. The van der Waals surface area contributed by atoms with Crippen LogP contribution < -0.4 is 5.32 Å². The molecule has 1 amide bonds. The lowest BCUT2D eigenvalue weighted by Gasteiger charge is -2.07. The number of rotatable bonds is 0. The summed E-state index contributed by atoms with van der Waals surface area (Å²) in [5.74, 6) is 0.881. The van der Waals surface area contributed by atoms with E-state index in [0.29, 0.717) is 5.02 Å². The second-order valence-corrected chi connectivity index (χ2v) is 4.78. The minimum absolute atomic E-state index is 0.0310. The summed E-state index contributed by atoms with van der Waals surface area (Å²) in [5, 5.41) is 3.46. The molecule has 14 heavy (non-hydrogen) atoms. The quantitative estimate of drug-likeness (QED) is 0.738. The summed E-state index contributed by atoms with van der Waals surface area (Å²) in [6.45, 7) is 1.92. The Balaban J connectivity index is 2.43. The number of thioether (sulfide) groups is 1.